The molecule has 21 heavy (non-hydrogen) atoms. The van der Waals surface area contributed by atoms with Gasteiger partial charge in [0.2, 0.25) is 0 Å². The average molecular weight is 339 g/mol. The van der Waals surface area contributed by atoms with Gasteiger partial charge in [0.05, 0.1) is 16.3 Å². The van der Waals surface area contributed by atoms with Crippen LogP contribution >= 0.6 is 11.6 Å². The fourth-order valence-corrected chi connectivity index (χ4v) is 3.20. The largest absolute Gasteiger partial charge is 0.435 e. The number of nitrogens with zero attached hydrogens (tertiary/aromatic N) is 2. The molecule has 1 aromatic heterocycles. The van der Waals surface area contributed by atoms with Crippen molar-refractivity contribution in [3.05, 3.63) is 46.7 Å². The molecule has 0 saturated heterocycles. The molecule has 0 aliphatic rings. The third-order valence-corrected chi connectivity index (χ3v) is 4.70. The molecule has 0 N–H and O–H groups in total. The third-order valence-electron chi connectivity index (χ3n) is 2.78. The lowest BCUT2D eigenvalue weighted by Gasteiger charge is -2.04. The monoisotopic (exact) mass is 338 g/mol. The summed E-state index contributed by atoms with van der Waals surface area (Å²) in [5.74, 6) is -0.575. The Kier molecular flexibility index (Phi) is 4.03. The minimum atomic E-state index is -4.61. The molecule has 0 atom stereocenters. The van der Waals surface area contributed by atoms with Crippen molar-refractivity contribution in [2.24, 2.45) is 7.05 Å². The van der Waals surface area contributed by atoms with E-state index < -0.39 is 27.5 Å². The van der Waals surface area contributed by atoms with E-state index in [1.807, 2.05) is 0 Å². The van der Waals surface area contributed by atoms with E-state index >= 15 is 0 Å². The summed E-state index contributed by atoms with van der Waals surface area (Å²) in [6, 6.07) is 6.14. The van der Waals surface area contributed by atoms with E-state index in [1.54, 1.807) is 0 Å². The first-order valence-corrected chi connectivity index (χ1v) is 7.71. The summed E-state index contributed by atoms with van der Waals surface area (Å²) >= 11 is 5.67. The normalized spacial score (nSPS) is 12.6. The summed E-state index contributed by atoms with van der Waals surface area (Å²) in [6.45, 7) is 0. The van der Waals surface area contributed by atoms with Crippen LogP contribution in [0.2, 0.25) is 5.02 Å². The van der Waals surface area contributed by atoms with Gasteiger partial charge in [0.15, 0.2) is 15.5 Å². The lowest BCUT2D eigenvalue weighted by Crippen LogP contribution is -2.09. The summed E-state index contributed by atoms with van der Waals surface area (Å²) in [6.07, 6.45) is -4.61. The van der Waals surface area contributed by atoms with Gasteiger partial charge in [-0.15, -0.1) is 0 Å². The van der Waals surface area contributed by atoms with Gasteiger partial charge in [-0.2, -0.15) is 18.3 Å². The summed E-state index contributed by atoms with van der Waals surface area (Å²) in [5.41, 5.74) is -1.16. The van der Waals surface area contributed by atoms with Gasteiger partial charge >= 0.3 is 6.18 Å². The second-order valence-electron chi connectivity index (χ2n) is 4.36. The smallest absolute Gasteiger partial charge is 0.271 e. The maximum atomic E-state index is 12.5. The number of benzene rings is 1. The Labute approximate surface area is 124 Å². The van der Waals surface area contributed by atoms with Crippen LogP contribution in [0.4, 0.5) is 13.2 Å². The lowest BCUT2D eigenvalue weighted by molar-refractivity contribution is -0.141. The molecule has 0 radical (unpaired) electrons. The minimum Gasteiger partial charge on any atom is -0.271 e. The molecule has 2 rings (SSSR count). The SMILES string of the molecule is Cn1nc(C(F)(F)F)cc1CS(=O)(=O)c1ccc(Cl)cc1. The van der Waals surface area contributed by atoms with Crippen molar-refractivity contribution in [1.29, 1.82) is 0 Å². The van der Waals surface area contributed by atoms with E-state index in [4.69, 9.17) is 11.6 Å². The summed E-state index contributed by atoms with van der Waals surface area (Å²) in [4.78, 5) is -0.0124. The fraction of sp³-hybridized carbons (Fsp3) is 0.250. The average Bonchev–Trinajstić information content (AvgIpc) is 2.71. The molecule has 0 fully saturated rings. The first-order chi connectivity index (χ1) is 9.59. The van der Waals surface area contributed by atoms with E-state index in [0.717, 1.165) is 10.7 Å². The van der Waals surface area contributed by atoms with Gasteiger partial charge in [0.1, 0.15) is 0 Å². The molecule has 0 aliphatic heterocycles. The molecular formula is C12H10ClF3N2O2S. The highest BCUT2D eigenvalue weighted by molar-refractivity contribution is 7.90. The van der Waals surface area contributed by atoms with Crippen LogP contribution in [0.1, 0.15) is 11.4 Å². The number of aromatic nitrogens is 2. The second-order valence-corrected chi connectivity index (χ2v) is 6.78. The lowest BCUT2D eigenvalue weighted by atomic mass is 10.4. The van der Waals surface area contributed by atoms with Crippen LogP contribution in [0.15, 0.2) is 35.2 Å². The molecule has 0 bridgehead atoms. The number of alkyl halides is 3. The van der Waals surface area contributed by atoms with Crippen molar-refractivity contribution in [2.75, 3.05) is 0 Å². The maximum absolute atomic E-state index is 12.5. The van der Waals surface area contributed by atoms with E-state index in [1.165, 1.54) is 31.3 Å². The zero-order chi connectivity index (χ0) is 15.8. The maximum Gasteiger partial charge on any atom is 0.435 e. The van der Waals surface area contributed by atoms with E-state index in [2.05, 4.69) is 5.10 Å². The summed E-state index contributed by atoms with van der Waals surface area (Å²) < 4.78 is 62.9. The van der Waals surface area contributed by atoms with Crippen molar-refractivity contribution < 1.29 is 21.6 Å². The van der Waals surface area contributed by atoms with Crippen molar-refractivity contribution >= 4 is 21.4 Å². The van der Waals surface area contributed by atoms with Gasteiger partial charge in [0.25, 0.3) is 0 Å². The zero-order valence-electron chi connectivity index (χ0n) is 10.7. The molecule has 0 aliphatic carbocycles. The molecular weight excluding hydrogens is 329 g/mol. The van der Waals surface area contributed by atoms with Gasteiger partial charge in [-0.3, -0.25) is 4.68 Å². The van der Waals surface area contributed by atoms with Gasteiger partial charge in [-0.05, 0) is 30.3 Å². The van der Waals surface area contributed by atoms with Gasteiger partial charge in [-0.1, -0.05) is 11.6 Å². The zero-order valence-corrected chi connectivity index (χ0v) is 12.3. The van der Waals surface area contributed by atoms with Crippen LogP contribution in [0, 0.1) is 0 Å². The fourth-order valence-electron chi connectivity index (χ4n) is 1.70. The number of sulfone groups is 1. The first-order valence-electron chi connectivity index (χ1n) is 5.68. The van der Waals surface area contributed by atoms with Crippen molar-refractivity contribution in [2.45, 2.75) is 16.8 Å². The highest BCUT2D eigenvalue weighted by atomic mass is 35.5. The molecule has 114 valence electrons. The number of hydrogen-bond acceptors (Lipinski definition) is 3. The Balaban J connectivity index is 2.33. The Morgan fingerprint density at radius 2 is 1.81 bits per heavy atom. The second kappa shape index (κ2) is 5.34. The predicted octanol–water partition coefficient (Wildman–Crippen LogP) is 3.07. The molecule has 0 amide bonds. The Hall–Kier alpha value is -1.54. The highest BCUT2D eigenvalue weighted by Gasteiger charge is 2.35. The van der Waals surface area contributed by atoms with Gasteiger partial charge in [-0.25, -0.2) is 8.42 Å². The van der Waals surface area contributed by atoms with Crippen LogP contribution < -0.4 is 0 Å². The van der Waals surface area contributed by atoms with E-state index in [9.17, 15) is 21.6 Å². The molecule has 1 aromatic carbocycles. The number of rotatable bonds is 3. The van der Waals surface area contributed by atoms with Crippen molar-refractivity contribution in [1.82, 2.24) is 9.78 Å². The van der Waals surface area contributed by atoms with Gasteiger partial charge < -0.3 is 0 Å². The first kappa shape index (κ1) is 15.8. The van der Waals surface area contributed by atoms with Crippen LogP contribution in [0.3, 0.4) is 0 Å². The number of aryl methyl sites for hydroxylation is 1. The predicted molar refractivity (Wildman–Crippen MR) is 70.6 cm³/mol. The summed E-state index contributed by atoms with van der Waals surface area (Å²) in [5, 5.41) is 3.65. The topological polar surface area (TPSA) is 52.0 Å². The highest BCUT2D eigenvalue weighted by Crippen LogP contribution is 2.29. The molecule has 4 nitrogen and oxygen atoms in total. The Morgan fingerprint density at radius 3 is 2.29 bits per heavy atom. The molecule has 0 spiro atoms. The summed E-state index contributed by atoms with van der Waals surface area (Å²) in [7, 11) is -2.51. The van der Waals surface area contributed by atoms with Crippen molar-refractivity contribution in [3.8, 4) is 0 Å². The quantitative estimate of drug-likeness (QED) is 0.864. The minimum absolute atomic E-state index is 0.0124. The molecule has 9 heteroatoms. The van der Waals surface area contributed by atoms with E-state index in [0.29, 0.717) is 5.02 Å². The molecule has 0 unspecified atom stereocenters. The Bertz CT molecular complexity index is 752. The standard InChI is InChI=1S/C12H10ClF3N2O2S/c1-18-9(6-11(17-18)12(14,15)16)7-21(19,20)10-4-2-8(13)3-5-10/h2-6H,7H2,1H3. The number of hydrogen-bond donors (Lipinski definition) is 0. The molecule has 2 aromatic rings. The van der Waals surface area contributed by atoms with E-state index in [-0.39, 0.29) is 10.6 Å². The number of halogens is 4. The van der Waals surface area contributed by atoms with Crippen LogP contribution in [-0.4, -0.2) is 18.2 Å². The van der Waals surface area contributed by atoms with Crippen LogP contribution in [-0.2, 0) is 28.8 Å². The van der Waals surface area contributed by atoms with Gasteiger partial charge in [0, 0.05) is 12.1 Å². The Morgan fingerprint density at radius 1 is 1.24 bits per heavy atom. The molecule has 1 heterocycles. The third kappa shape index (κ3) is 3.56. The van der Waals surface area contributed by atoms with Crippen LogP contribution in [0.25, 0.3) is 0 Å². The van der Waals surface area contributed by atoms with Crippen LogP contribution in [0.5, 0.6) is 0 Å². The molecule has 0 saturated carbocycles. The van der Waals surface area contributed by atoms with Crippen molar-refractivity contribution in [3.63, 3.8) is 0 Å².